The van der Waals surface area contributed by atoms with Crippen LogP contribution in [0.1, 0.15) is 5.69 Å². The number of benzene rings is 1. The third-order valence-electron chi connectivity index (χ3n) is 2.55. The lowest BCUT2D eigenvalue weighted by Gasteiger charge is -2.08. The molecule has 0 saturated carbocycles. The SMILES string of the molecule is COc1ccc(-c2sc(N)nc2C)cc1S(N)(=O)=O. The van der Waals surface area contributed by atoms with E-state index in [-0.39, 0.29) is 10.6 Å². The maximum Gasteiger partial charge on any atom is 0.241 e. The Labute approximate surface area is 115 Å². The second-order valence-corrected chi connectivity index (χ2v) is 6.44. The van der Waals surface area contributed by atoms with Crippen molar-refractivity contribution < 1.29 is 13.2 Å². The molecular weight excluding hydrogens is 286 g/mol. The quantitative estimate of drug-likeness (QED) is 0.889. The van der Waals surface area contributed by atoms with Gasteiger partial charge in [0.05, 0.1) is 17.7 Å². The monoisotopic (exact) mass is 299 g/mol. The number of methoxy groups -OCH3 is 1. The van der Waals surface area contributed by atoms with Gasteiger partial charge in [-0.25, -0.2) is 18.5 Å². The molecule has 0 atom stereocenters. The molecule has 0 aliphatic carbocycles. The molecular formula is C11H13N3O3S2. The van der Waals surface area contributed by atoms with Crippen LogP contribution in [0.25, 0.3) is 10.4 Å². The largest absolute Gasteiger partial charge is 0.495 e. The summed E-state index contributed by atoms with van der Waals surface area (Å²) in [6.07, 6.45) is 0. The highest BCUT2D eigenvalue weighted by molar-refractivity contribution is 7.89. The van der Waals surface area contributed by atoms with Gasteiger partial charge in [-0.3, -0.25) is 0 Å². The van der Waals surface area contributed by atoms with Crippen molar-refractivity contribution in [2.24, 2.45) is 5.14 Å². The number of ether oxygens (including phenoxy) is 1. The first-order chi connectivity index (χ1) is 8.82. The molecule has 0 saturated heterocycles. The van der Waals surface area contributed by atoms with E-state index in [9.17, 15) is 8.42 Å². The zero-order chi connectivity index (χ0) is 14.2. The van der Waals surface area contributed by atoms with Gasteiger partial charge in [0.1, 0.15) is 10.6 Å². The second-order valence-electron chi connectivity index (χ2n) is 3.88. The van der Waals surface area contributed by atoms with Crippen LogP contribution < -0.4 is 15.6 Å². The standard InChI is InChI=1S/C11H13N3O3S2/c1-6-10(18-11(12)14-6)7-3-4-8(17-2)9(5-7)19(13,15)16/h3-5H,1-2H3,(H2,12,14)(H2,13,15,16). The minimum absolute atomic E-state index is 0.0566. The van der Waals surface area contributed by atoms with Crippen molar-refractivity contribution >= 4 is 26.5 Å². The number of nitrogen functional groups attached to an aromatic ring is 1. The summed E-state index contributed by atoms with van der Waals surface area (Å²) in [5, 5.41) is 5.61. The summed E-state index contributed by atoms with van der Waals surface area (Å²) >= 11 is 1.29. The van der Waals surface area contributed by atoms with Gasteiger partial charge < -0.3 is 10.5 Å². The summed E-state index contributed by atoms with van der Waals surface area (Å²) in [6, 6.07) is 4.77. The maximum atomic E-state index is 11.5. The molecule has 1 aromatic heterocycles. The highest BCUT2D eigenvalue weighted by atomic mass is 32.2. The highest BCUT2D eigenvalue weighted by Gasteiger charge is 2.17. The number of aromatic nitrogens is 1. The molecule has 4 N–H and O–H groups in total. The third-order valence-corrected chi connectivity index (χ3v) is 4.51. The average Bonchev–Trinajstić information content (AvgIpc) is 2.66. The molecule has 6 nitrogen and oxygen atoms in total. The number of primary sulfonamides is 1. The van der Waals surface area contributed by atoms with Crippen LogP contribution in [0, 0.1) is 6.92 Å². The van der Waals surface area contributed by atoms with Crippen molar-refractivity contribution in [3.63, 3.8) is 0 Å². The fraction of sp³-hybridized carbons (Fsp3) is 0.182. The van der Waals surface area contributed by atoms with E-state index < -0.39 is 10.0 Å². The number of hydrogen-bond acceptors (Lipinski definition) is 6. The van der Waals surface area contributed by atoms with Crippen LogP contribution >= 0.6 is 11.3 Å². The van der Waals surface area contributed by atoms with Crippen molar-refractivity contribution in [3.05, 3.63) is 23.9 Å². The molecule has 0 aliphatic heterocycles. The van der Waals surface area contributed by atoms with Crippen LogP contribution in [0.2, 0.25) is 0 Å². The number of nitrogens with zero attached hydrogens (tertiary/aromatic N) is 1. The Kier molecular flexibility index (Phi) is 3.48. The van der Waals surface area contributed by atoms with Crippen LogP contribution in [-0.4, -0.2) is 20.5 Å². The Balaban J connectivity index is 2.65. The average molecular weight is 299 g/mol. The predicted molar refractivity (Wildman–Crippen MR) is 74.6 cm³/mol. The van der Waals surface area contributed by atoms with E-state index >= 15 is 0 Å². The van der Waals surface area contributed by atoms with Crippen molar-refractivity contribution in [2.45, 2.75) is 11.8 Å². The van der Waals surface area contributed by atoms with Gasteiger partial charge in [0.15, 0.2) is 5.13 Å². The smallest absolute Gasteiger partial charge is 0.241 e. The van der Waals surface area contributed by atoms with Gasteiger partial charge in [0.2, 0.25) is 10.0 Å². The Bertz CT molecular complexity index is 723. The second kappa shape index (κ2) is 4.80. The summed E-state index contributed by atoms with van der Waals surface area (Å²) in [4.78, 5) is 4.86. The van der Waals surface area contributed by atoms with Gasteiger partial charge in [-0.15, -0.1) is 0 Å². The number of aryl methyl sites for hydroxylation is 1. The summed E-state index contributed by atoms with van der Waals surface area (Å²) in [5.41, 5.74) is 7.07. The van der Waals surface area contributed by atoms with E-state index in [0.29, 0.717) is 10.7 Å². The predicted octanol–water partition coefficient (Wildman–Crippen LogP) is 1.36. The molecule has 1 aromatic carbocycles. The van der Waals surface area contributed by atoms with Crippen LogP contribution in [0.5, 0.6) is 5.75 Å². The molecule has 102 valence electrons. The Hall–Kier alpha value is -1.64. The van der Waals surface area contributed by atoms with Gasteiger partial charge in [0.25, 0.3) is 0 Å². The normalized spacial score (nSPS) is 11.5. The van der Waals surface area contributed by atoms with Crippen molar-refractivity contribution in [3.8, 4) is 16.2 Å². The lowest BCUT2D eigenvalue weighted by atomic mass is 10.1. The van der Waals surface area contributed by atoms with E-state index in [1.54, 1.807) is 12.1 Å². The Morgan fingerprint density at radius 3 is 2.53 bits per heavy atom. The van der Waals surface area contributed by atoms with E-state index in [1.165, 1.54) is 24.5 Å². The molecule has 0 amide bonds. The third kappa shape index (κ3) is 2.70. The minimum Gasteiger partial charge on any atom is -0.495 e. The van der Waals surface area contributed by atoms with Gasteiger partial charge in [-0.2, -0.15) is 0 Å². The van der Waals surface area contributed by atoms with Gasteiger partial charge in [0, 0.05) is 0 Å². The summed E-state index contributed by atoms with van der Waals surface area (Å²) in [6.45, 7) is 1.81. The first-order valence-electron chi connectivity index (χ1n) is 5.27. The molecule has 2 aromatic rings. The minimum atomic E-state index is -3.85. The van der Waals surface area contributed by atoms with Crippen LogP contribution in [0.15, 0.2) is 23.1 Å². The topological polar surface area (TPSA) is 108 Å². The molecule has 1 heterocycles. The van der Waals surface area contributed by atoms with E-state index in [0.717, 1.165) is 10.6 Å². The van der Waals surface area contributed by atoms with Crippen molar-refractivity contribution in [2.75, 3.05) is 12.8 Å². The van der Waals surface area contributed by atoms with Crippen LogP contribution in [0.4, 0.5) is 5.13 Å². The lowest BCUT2D eigenvalue weighted by Crippen LogP contribution is -2.13. The number of anilines is 1. The van der Waals surface area contributed by atoms with Crippen LogP contribution in [-0.2, 0) is 10.0 Å². The molecule has 0 spiro atoms. The fourth-order valence-corrected chi connectivity index (χ4v) is 3.28. The van der Waals surface area contributed by atoms with E-state index in [2.05, 4.69) is 4.98 Å². The Morgan fingerprint density at radius 2 is 2.05 bits per heavy atom. The zero-order valence-corrected chi connectivity index (χ0v) is 12.0. The summed E-state index contributed by atoms with van der Waals surface area (Å²) in [5.74, 6) is 0.210. The maximum absolute atomic E-state index is 11.5. The number of thiazole rings is 1. The van der Waals surface area contributed by atoms with Gasteiger partial charge >= 0.3 is 0 Å². The molecule has 0 aliphatic rings. The highest BCUT2D eigenvalue weighted by Crippen LogP contribution is 2.35. The van der Waals surface area contributed by atoms with Crippen molar-refractivity contribution in [1.82, 2.24) is 4.98 Å². The summed E-state index contributed by atoms with van der Waals surface area (Å²) in [7, 11) is -2.47. The van der Waals surface area contributed by atoms with E-state index in [4.69, 9.17) is 15.6 Å². The van der Waals surface area contributed by atoms with Gasteiger partial charge in [-0.1, -0.05) is 11.3 Å². The summed E-state index contributed by atoms with van der Waals surface area (Å²) < 4.78 is 28.1. The van der Waals surface area contributed by atoms with Crippen LogP contribution in [0.3, 0.4) is 0 Å². The lowest BCUT2D eigenvalue weighted by molar-refractivity contribution is 0.403. The number of nitrogens with two attached hydrogens (primary N) is 2. The molecule has 0 radical (unpaired) electrons. The molecule has 8 heteroatoms. The molecule has 2 rings (SSSR count). The molecule has 0 bridgehead atoms. The van der Waals surface area contributed by atoms with Crippen molar-refractivity contribution in [1.29, 1.82) is 0 Å². The molecule has 0 fully saturated rings. The number of hydrogen-bond donors (Lipinski definition) is 2. The first kappa shape index (κ1) is 13.8. The number of rotatable bonds is 3. The fourth-order valence-electron chi connectivity index (χ4n) is 1.73. The number of sulfonamides is 1. The zero-order valence-electron chi connectivity index (χ0n) is 10.4. The Morgan fingerprint density at radius 1 is 1.37 bits per heavy atom. The van der Waals surface area contributed by atoms with E-state index in [1.807, 2.05) is 6.92 Å². The molecule has 0 unspecified atom stereocenters. The molecule has 19 heavy (non-hydrogen) atoms. The first-order valence-corrected chi connectivity index (χ1v) is 7.63. The van der Waals surface area contributed by atoms with Gasteiger partial charge in [-0.05, 0) is 30.7 Å².